The number of hydrogen-bond donors (Lipinski definition) is 2. The fourth-order valence-corrected chi connectivity index (χ4v) is 2.19. The number of nitrogen functional groups attached to an aromatic ring is 2. The van der Waals surface area contributed by atoms with Gasteiger partial charge < -0.3 is 20.9 Å². The summed E-state index contributed by atoms with van der Waals surface area (Å²) in [5, 5.41) is 0. The predicted octanol–water partition coefficient (Wildman–Crippen LogP) is 4.15. The summed E-state index contributed by atoms with van der Waals surface area (Å²) in [7, 11) is 0. The van der Waals surface area contributed by atoms with Gasteiger partial charge in [0.05, 0.1) is 13.2 Å². The lowest BCUT2D eigenvalue weighted by Gasteiger charge is -2.09. The molecule has 0 atom stereocenters. The van der Waals surface area contributed by atoms with E-state index in [4.69, 9.17) is 20.9 Å². The van der Waals surface area contributed by atoms with Crippen molar-refractivity contribution in [3.8, 4) is 11.5 Å². The number of nitrogens with two attached hydrogens (primary N) is 2. The van der Waals surface area contributed by atoms with Crippen molar-refractivity contribution in [2.24, 2.45) is 0 Å². The monoisotopic (exact) mass is 336 g/mol. The molecule has 4 nitrogen and oxygen atoms in total. The maximum absolute atomic E-state index is 13.5. The first-order valence-electron chi connectivity index (χ1n) is 7.92. The van der Waals surface area contributed by atoms with E-state index >= 15 is 0 Å². The van der Waals surface area contributed by atoms with E-state index in [0.717, 1.165) is 25.7 Å². The molecule has 2 rings (SSSR count). The first kappa shape index (κ1) is 17.8. The summed E-state index contributed by atoms with van der Waals surface area (Å²) < 4.78 is 37.7. The first-order chi connectivity index (χ1) is 11.6. The van der Waals surface area contributed by atoms with Gasteiger partial charge in [-0.05, 0) is 49.9 Å². The Morgan fingerprint density at radius 1 is 0.667 bits per heavy atom. The van der Waals surface area contributed by atoms with E-state index in [0.29, 0.717) is 24.6 Å². The topological polar surface area (TPSA) is 70.5 Å². The zero-order chi connectivity index (χ0) is 17.4. The smallest absolute Gasteiger partial charge is 0.167 e. The highest BCUT2D eigenvalue weighted by atomic mass is 19.1. The molecule has 0 saturated heterocycles. The van der Waals surface area contributed by atoms with Crippen LogP contribution in [0.15, 0.2) is 36.4 Å². The second kappa shape index (κ2) is 8.96. The van der Waals surface area contributed by atoms with Crippen LogP contribution in [-0.4, -0.2) is 13.2 Å². The average molecular weight is 336 g/mol. The minimum absolute atomic E-state index is 0.214. The molecule has 0 radical (unpaired) electrons. The Hall–Kier alpha value is -2.50. The van der Waals surface area contributed by atoms with E-state index in [9.17, 15) is 8.78 Å². The number of rotatable bonds is 9. The molecular formula is C18H22F2N2O2. The lowest BCUT2D eigenvalue weighted by Crippen LogP contribution is -2.02. The number of ether oxygens (including phenoxy) is 2. The molecule has 0 aliphatic carbocycles. The molecule has 0 aromatic heterocycles. The molecule has 0 unspecified atom stereocenters. The number of halogens is 2. The van der Waals surface area contributed by atoms with Crippen LogP contribution in [0.2, 0.25) is 0 Å². The van der Waals surface area contributed by atoms with Crippen molar-refractivity contribution in [1.82, 2.24) is 0 Å². The summed E-state index contributed by atoms with van der Waals surface area (Å²) in [5.74, 6) is -0.472. The van der Waals surface area contributed by atoms with Gasteiger partial charge in [-0.3, -0.25) is 0 Å². The van der Waals surface area contributed by atoms with Gasteiger partial charge in [-0.15, -0.1) is 0 Å². The van der Waals surface area contributed by atoms with Gasteiger partial charge in [0.1, 0.15) is 0 Å². The summed E-state index contributed by atoms with van der Waals surface area (Å²) in [6, 6.07) is 8.74. The Kier molecular flexibility index (Phi) is 6.66. The standard InChI is InChI=1S/C18H22F2N2O2/c19-15-11-13(21)5-7-17(15)23-9-3-1-2-4-10-24-18-8-6-14(22)12-16(18)20/h5-8,11-12H,1-4,9-10,21-22H2. The highest BCUT2D eigenvalue weighted by Crippen LogP contribution is 2.21. The highest BCUT2D eigenvalue weighted by molar-refractivity contribution is 5.43. The SMILES string of the molecule is Nc1ccc(OCCCCCCOc2ccc(N)cc2F)c(F)c1. The average Bonchev–Trinajstić information content (AvgIpc) is 2.53. The fourth-order valence-electron chi connectivity index (χ4n) is 2.19. The molecule has 0 aliphatic heterocycles. The minimum atomic E-state index is -0.450. The summed E-state index contributed by atoms with van der Waals surface area (Å²) >= 11 is 0. The van der Waals surface area contributed by atoms with Crippen molar-refractivity contribution in [2.45, 2.75) is 25.7 Å². The third-order valence-electron chi connectivity index (χ3n) is 3.47. The Balaban J connectivity index is 1.55. The lowest BCUT2D eigenvalue weighted by atomic mass is 10.2. The molecule has 0 bridgehead atoms. The number of anilines is 2. The molecule has 0 heterocycles. The molecule has 0 fully saturated rings. The van der Waals surface area contributed by atoms with Crippen molar-refractivity contribution >= 4 is 11.4 Å². The van der Waals surface area contributed by atoms with Gasteiger partial charge in [0.2, 0.25) is 0 Å². The molecular weight excluding hydrogens is 314 g/mol. The van der Waals surface area contributed by atoms with Gasteiger partial charge in [-0.1, -0.05) is 0 Å². The van der Waals surface area contributed by atoms with Crippen molar-refractivity contribution in [3.05, 3.63) is 48.0 Å². The minimum Gasteiger partial charge on any atom is -0.491 e. The van der Waals surface area contributed by atoms with E-state index < -0.39 is 11.6 Å². The van der Waals surface area contributed by atoms with Crippen molar-refractivity contribution < 1.29 is 18.3 Å². The van der Waals surface area contributed by atoms with Crippen LogP contribution in [-0.2, 0) is 0 Å². The van der Waals surface area contributed by atoms with Crippen LogP contribution < -0.4 is 20.9 Å². The third-order valence-corrected chi connectivity index (χ3v) is 3.47. The molecule has 130 valence electrons. The predicted molar refractivity (Wildman–Crippen MR) is 91.1 cm³/mol. The van der Waals surface area contributed by atoms with Gasteiger partial charge in [-0.25, -0.2) is 8.78 Å². The van der Waals surface area contributed by atoms with Crippen LogP contribution in [0, 0.1) is 11.6 Å². The summed E-state index contributed by atoms with van der Waals surface area (Å²) in [6.45, 7) is 0.878. The second-order valence-corrected chi connectivity index (χ2v) is 5.49. The Morgan fingerprint density at radius 3 is 1.46 bits per heavy atom. The maximum atomic E-state index is 13.5. The zero-order valence-electron chi connectivity index (χ0n) is 13.4. The van der Waals surface area contributed by atoms with Gasteiger partial charge in [-0.2, -0.15) is 0 Å². The highest BCUT2D eigenvalue weighted by Gasteiger charge is 2.04. The number of benzene rings is 2. The summed E-state index contributed by atoms with van der Waals surface area (Å²) in [4.78, 5) is 0. The molecule has 6 heteroatoms. The second-order valence-electron chi connectivity index (χ2n) is 5.49. The van der Waals surface area contributed by atoms with Crippen LogP contribution in [0.1, 0.15) is 25.7 Å². The van der Waals surface area contributed by atoms with Crippen molar-refractivity contribution in [3.63, 3.8) is 0 Å². The van der Waals surface area contributed by atoms with E-state index in [-0.39, 0.29) is 11.5 Å². The van der Waals surface area contributed by atoms with E-state index in [2.05, 4.69) is 0 Å². The van der Waals surface area contributed by atoms with Crippen LogP contribution in [0.25, 0.3) is 0 Å². The Labute approximate surface area is 140 Å². The van der Waals surface area contributed by atoms with Gasteiger partial charge >= 0.3 is 0 Å². The van der Waals surface area contributed by atoms with Crippen molar-refractivity contribution in [2.75, 3.05) is 24.7 Å². The molecule has 0 spiro atoms. The number of unbranched alkanes of at least 4 members (excludes halogenated alkanes) is 3. The lowest BCUT2D eigenvalue weighted by molar-refractivity contribution is 0.275. The zero-order valence-corrected chi connectivity index (χ0v) is 13.4. The normalized spacial score (nSPS) is 10.6. The van der Waals surface area contributed by atoms with E-state index in [1.54, 1.807) is 12.1 Å². The third kappa shape index (κ3) is 5.61. The Bertz CT molecular complexity index is 608. The molecule has 24 heavy (non-hydrogen) atoms. The molecule has 0 saturated carbocycles. The van der Waals surface area contributed by atoms with Gasteiger partial charge in [0.25, 0.3) is 0 Å². The quantitative estimate of drug-likeness (QED) is 0.533. The van der Waals surface area contributed by atoms with Crippen LogP contribution in [0.5, 0.6) is 11.5 Å². The van der Waals surface area contributed by atoms with Crippen LogP contribution in [0.4, 0.5) is 20.2 Å². The summed E-state index contributed by atoms with van der Waals surface area (Å²) in [5.41, 5.74) is 11.7. The molecule has 2 aromatic carbocycles. The largest absolute Gasteiger partial charge is 0.491 e. The van der Waals surface area contributed by atoms with E-state index in [1.165, 1.54) is 24.3 Å². The van der Waals surface area contributed by atoms with Crippen molar-refractivity contribution in [1.29, 1.82) is 0 Å². The fraction of sp³-hybridized carbons (Fsp3) is 0.333. The molecule has 0 amide bonds. The van der Waals surface area contributed by atoms with Crippen LogP contribution in [0.3, 0.4) is 0 Å². The molecule has 2 aromatic rings. The van der Waals surface area contributed by atoms with Gasteiger partial charge in [0, 0.05) is 23.5 Å². The Morgan fingerprint density at radius 2 is 1.08 bits per heavy atom. The molecule has 0 aliphatic rings. The summed E-state index contributed by atoms with van der Waals surface area (Å²) in [6.07, 6.45) is 3.45. The van der Waals surface area contributed by atoms with E-state index in [1.807, 2.05) is 0 Å². The van der Waals surface area contributed by atoms with Gasteiger partial charge in [0.15, 0.2) is 23.1 Å². The molecule has 4 N–H and O–H groups in total. The van der Waals surface area contributed by atoms with Crippen LogP contribution >= 0.6 is 0 Å². The maximum Gasteiger partial charge on any atom is 0.167 e. The number of hydrogen-bond acceptors (Lipinski definition) is 4. The first-order valence-corrected chi connectivity index (χ1v) is 7.92.